The molecule has 0 bridgehead atoms. The summed E-state index contributed by atoms with van der Waals surface area (Å²) >= 11 is 0. The van der Waals surface area contributed by atoms with Crippen LogP contribution in [0, 0.1) is 12.7 Å². The Morgan fingerprint density at radius 3 is 2.76 bits per heavy atom. The number of pyridine rings is 2. The van der Waals surface area contributed by atoms with Gasteiger partial charge >= 0.3 is 0 Å². The molecule has 25 heavy (non-hydrogen) atoms. The Bertz CT molecular complexity index is 1070. The Balaban J connectivity index is 1.89. The normalized spacial score (nSPS) is 11.0. The molecule has 1 N–H and O–H groups in total. The lowest BCUT2D eigenvalue weighted by molar-refractivity contribution is 0.628. The molecule has 0 atom stereocenters. The average molecular weight is 333 g/mol. The van der Waals surface area contributed by atoms with Gasteiger partial charge < -0.3 is 5.32 Å². The highest BCUT2D eigenvalue weighted by Gasteiger charge is 2.12. The monoisotopic (exact) mass is 333 g/mol. The lowest BCUT2D eigenvalue weighted by Crippen LogP contribution is -2.00. The largest absolute Gasteiger partial charge is 0.322 e. The van der Waals surface area contributed by atoms with E-state index in [-0.39, 0.29) is 5.82 Å². The first-order valence-electron chi connectivity index (χ1n) is 7.89. The molecule has 0 aliphatic carbocycles. The van der Waals surface area contributed by atoms with Crippen LogP contribution in [0.25, 0.3) is 22.0 Å². The zero-order chi connectivity index (χ0) is 17.4. The fourth-order valence-electron chi connectivity index (χ4n) is 2.79. The number of fused-ring (bicyclic) bond motifs is 1. The van der Waals surface area contributed by atoms with Gasteiger partial charge in [-0.2, -0.15) is 5.10 Å². The van der Waals surface area contributed by atoms with Crippen molar-refractivity contribution < 1.29 is 4.39 Å². The number of hydrogen-bond donors (Lipinski definition) is 1. The van der Waals surface area contributed by atoms with Crippen molar-refractivity contribution in [2.24, 2.45) is 7.05 Å². The van der Waals surface area contributed by atoms with Gasteiger partial charge in [0.25, 0.3) is 0 Å². The van der Waals surface area contributed by atoms with E-state index in [1.54, 1.807) is 16.9 Å². The molecule has 4 rings (SSSR count). The van der Waals surface area contributed by atoms with Crippen LogP contribution in [-0.4, -0.2) is 19.7 Å². The van der Waals surface area contributed by atoms with E-state index in [1.165, 1.54) is 12.1 Å². The molecule has 0 saturated heterocycles. The van der Waals surface area contributed by atoms with Crippen molar-refractivity contribution in [3.05, 3.63) is 66.4 Å². The minimum Gasteiger partial charge on any atom is -0.322 e. The Labute approximate surface area is 144 Å². The molecule has 3 heterocycles. The third kappa shape index (κ3) is 2.94. The molecule has 5 nitrogen and oxygen atoms in total. The van der Waals surface area contributed by atoms with E-state index in [0.717, 1.165) is 27.7 Å². The topological polar surface area (TPSA) is 55.6 Å². The zero-order valence-electron chi connectivity index (χ0n) is 13.9. The second-order valence-corrected chi connectivity index (χ2v) is 5.88. The summed E-state index contributed by atoms with van der Waals surface area (Å²) in [7, 11) is 1.85. The smallest absolute Gasteiger partial charge is 0.158 e. The van der Waals surface area contributed by atoms with E-state index in [2.05, 4.69) is 20.4 Å². The van der Waals surface area contributed by atoms with Crippen molar-refractivity contribution in [3.8, 4) is 11.1 Å². The molecule has 4 aromatic rings. The first kappa shape index (κ1) is 15.3. The van der Waals surface area contributed by atoms with Crippen molar-refractivity contribution in [1.82, 2.24) is 19.7 Å². The lowest BCUT2D eigenvalue weighted by Gasteiger charge is -2.11. The zero-order valence-corrected chi connectivity index (χ0v) is 13.9. The maximum Gasteiger partial charge on any atom is 0.158 e. The van der Waals surface area contributed by atoms with Gasteiger partial charge in [-0.25, -0.2) is 14.4 Å². The van der Waals surface area contributed by atoms with E-state index < -0.39 is 0 Å². The summed E-state index contributed by atoms with van der Waals surface area (Å²) in [5.74, 6) is 1.04. The van der Waals surface area contributed by atoms with Crippen LogP contribution < -0.4 is 5.32 Å². The molecule has 0 spiro atoms. The summed E-state index contributed by atoms with van der Waals surface area (Å²) in [4.78, 5) is 9.15. The SMILES string of the molecule is Cc1ccc2c(-c3cccc(F)c3)cnc(Nc3ccn(C)n3)c2n1. The number of nitrogens with zero attached hydrogens (tertiary/aromatic N) is 4. The maximum absolute atomic E-state index is 13.6. The Morgan fingerprint density at radius 2 is 2.00 bits per heavy atom. The quantitative estimate of drug-likeness (QED) is 0.610. The highest BCUT2D eigenvalue weighted by Crippen LogP contribution is 2.32. The molecule has 0 unspecified atom stereocenters. The molecule has 0 aliphatic heterocycles. The number of halogens is 1. The first-order valence-corrected chi connectivity index (χ1v) is 7.89. The Morgan fingerprint density at radius 1 is 1.12 bits per heavy atom. The number of benzene rings is 1. The standard InChI is InChI=1S/C19H16FN5/c1-12-6-7-15-16(13-4-3-5-14(20)10-13)11-21-19(18(15)22-12)23-17-8-9-25(2)24-17/h3-11H,1-2H3,(H,21,23,24). The van der Waals surface area contributed by atoms with Crippen LogP contribution in [0.1, 0.15) is 5.69 Å². The summed E-state index contributed by atoms with van der Waals surface area (Å²) in [5, 5.41) is 8.43. The van der Waals surface area contributed by atoms with E-state index in [0.29, 0.717) is 11.6 Å². The minimum absolute atomic E-state index is 0.276. The molecule has 1 aromatic carbocycles. The highest BCUT2D eigenvalue weighted by molar-refractivity contribution is 6.00. The number of anilines is 2. The first-order chi connectivity index (χ1) is 12.1. The van der Waals surface area contributed by atoms with Crippen LogP contribution in [0.5, 0.6) is 0 Å². The van der Waals surface area contributed by atoms with E-state index >= 15 is 0 Å². The van der Waals surface area contributed by atoms with Gasteiger partial charge in [0.05, 0.1) is 0 Å². The fourth-order valence-corrected chi connectivity index (χ4v) is 2.79. The predicted octanol–water partition coefficient (Wildman–Crippen LogP) is 4.22. The fraction of sp³-hybridized carbons (Fsp3) is 0.105. The van der Waals surface area contributed by atoms with Gasteiger partial charge in [-0.15, -0.1) is 0 Å². The van der Waals surface area contributed by atoms with Crippen LogP contribution in [0.2, 0.25) is 0 Å². The third-order valence-corrected chi connectivity index (χ3v) is 3.97. The third-order valence-electron chi connectivity index (χ3n) is 3.97. The average Bonchev–Trinajstić information content (AvgIpc) is 3.00. The molecule has 0 radical (unpaired) electrons. The van der Waals surface area contributed by atoms with Crippen molar-refractivity contribution in [3.63, 3.8) is 0 Å². The van der Waals surface area contributed by atoms with Crippen LogP contribution in [0.4, 0.5) is 16.0 Å². The highest BCUT2D eigenvalue weighted by atomic mass is 19.1. The number of hydrogen-bond acceptors (Lipinski definition) is 4. The van der Waals surface area contributed by atoms with Gasteiger partial charge in [-0.05, 0) is 30.7 Å². The Kier molecular flexibility index (Phi) is 3.65. The van der Waals surface area contributed by atoms with Gasteiger partial charge in [0, 0.05) is 42.2 Å². The van der Waals surface area contributed by atoms with Gasteiger partial charge in [0.2, 0.25) is 0 Å². The number of nitrogens with one attached hydrogen (secondary N) is 1. The van der Waals surface area contributed by atoms with Crippen molar-refractivity contribution in [1.29, 1.82) is 0 Å². The summed E-state index contributed by atoms with van der Waals surface area (Å²) in [6.45, 7) is 1.93. The molecular formula is C19H16FN5. The van der Waals surface area contributed by atoms with Crippen LogP contribution in [0.15, 0.2) is 54.9 Å². The summed E-state index contributed by atoms with van der Waals surface area (Å²) in [6.07, 6.45) is 3.59. The van der Waals surface area contributed by atoms with E-state index in [1.807, 2.05) is 44.4 Å². The summed E-state index contributed by atoms with van der Waals surface area (Å²) in [6, 6.07) is 12.3. The number of aromatic nitrogens is 4. The van der Waals surface area contributed by atoms with E-state index in [9.17, 15) is 4.39 Å². The summed E-state index contributed by atoms with van der Waals surface area (Å²) < 4.78 is 15.3. The van der Waals surface area contributed by atoms with Crippen LogP contribution in [0.3, 0.4) is 0 Å². The van der Waals surface area contributed by atoms with Gasteiger partial charge in [0.15, 0.2) is 11.6 Å². The predicted molar refractivity (Wildman–Crippen MR) is 96.2 cm³/mol. The molecule has 0 amide bonds. The van der Waals surface area contributed by atoms with Crippen molar-refractivity contribution >= 4 is 22.5 Å². The second-order valence-electron chi connectivity index (χ2n) is 5.88. The summed E-state index contributed by atoms with van der Waals surface area (Å²) in [5.41, 5.74) is 3.23. The maximum atomic E-state index is 13.6. The number of aryl methyl sites for hydroxylation is 2. The molecule has 3 aromatic heterocycles. The van der Waals surface area contributed by atoms with Gasteiger partial charge in [0.1, 0.15) is 11.3 Å². The van der Waals surface area contributed by atoms with Crippen LogP contribution in [-0.2, 0) is 7.05 Å². The van der Waals surface area contributed by atoms with Crippen molar-refractivity contribution in [2.45, 2.75) is 6.92 Å². The molecule has 124 valence electrons. The molecule has 6 heteroatoms. The lowest BCUT2D eigenvalue weighted by atomic mass is 10.0. The molecule has 0 saturated carbocycles. The Hall–Kier alpha value is -3.28. The minimum atomic E-state index is -0.276. The van der Waals surface area contributed by atoms with Crippen molar-refractivity contribution in [2.75, 3.05) is 5.32 Å². The molecular weight excluding hydrogens is 317 g/mol. The van der Waals surface area contributed by atoms with Gasteiger partial charge in [-0.3, -0.25) is 4.68 Å². The number of rotatable bonds is 3. The van der Waals surface area contributed by atoms with E-state index in [4.69, 9.17) is 0 Å². The van der Waals surface area contributed by atoms with Crippen LogP contribution >= 0.6 is 0 Å². The molecule has 0 fully saturated rings. The second kappa shape index (κ2) is 5.98. The molecule has 0 aliphatic rings. The van der Waals surface area contributed by atoms with Gasteiger partial charge in [-0.1, -0.05) is 18.2 Å².